The van der Waals surface area contributed by atoms with Gasteiger partial charge in [0.25, 0.3) is 5.56 Å². The standard InChI is InChI=1S/C20H25N5O2S/c1-5-8-15-11-17(27)25-19(21-15)28-20(23-25)24(4)12-16(26)22-18-13(3)9-7-10-14(18)6-2/h7,9-11H,5-6,8,12H2,1-4H3,(H,22,26). The van der Waals surface area contributed by atoms with E-state index in [2.05, 4.69) is 22.3 Å². The van der Waals surface area contributed by atoms with Crippen LogP contribution in [0.25, 0.3) is 4.96 Å². The molecule has 0 saturated heterocycles. The van der Waals surface area contributed by atoms with Crippen molar-refractivity contribution in [2.75, 3.05) is 23.8 Å². The fraction of sp³-hybridized carbons (Fsp3) is 0.400. The zero-order chi connectivity index (χ0) is 20.3. The number of carbonyl (C=O) groups is 1. The lowest BCUT2D eigenvalue weighted by Crippen LogP contribution is -2.30. The zero-order valence-electron chi connectivity index (χ0n) is 16.7. The summed E-state index contributed by atoms with van der Waals surface area (Å²) >= 11 is 1.31. The molecule has 8 heteroatoms. The molecule has 0 fully saturated rings. The second-order valence-corrected chi connectivity index (χ2v) is 7.72. The molecule has 0 aliphatic heterocycles. The molecule has 3 rings (SSSR count). The smallest absolute Gasteiger partial charge is 0.275 e. The largest absolute Gasteiger partial charge is 0.340 e. The summed E-state index contributed by atoms with van der Waals surface area (Å²) in [6, 6.07) is 7.52. The van der Waals surface area contributed by atoms with Gasteiger partial charge in [-0.1, -0.05) is 49.8 Å². The minimum absolute atomic E-state index is 0.127. The van der Waals surface area contributed by atoms with E-state index >= 15 is 0 Å². The van der Waals surface area contributed by atoms with E-state index in [4.69, 9.17) is 0 Å². The summed E-state index contributed by atoms with van der Waals surface area (Å²) in [5.74, 6) is -0.127. The second kappa shape index (κ2) is 8.52. The van der Waals surface area contributed by atoms with Crippen molar-refractivity contribution in [2.45, 2.75) is 40.0 Å². The van der Waals surface area contributed by atoms with Gasteiger partial charge < -0.3 is 10.2 Å². The van der Waals surface area contributed by atoms with E-state index in [1.165, 1.54) is 21.9 Å². The van der Waals surface area contributed by atoms with E-state index in [1.807, 2.05) is 32.0 Å². The first-order valence-electron chi connectivity index (χ1n) is 9.42. The molecular formula is C20H25N5O2S. The van der Waals surface area contributed by atoms with Crippen LogP contribution in [-0.2, 0) is 17.6 Å². The molecule has 1 amide bonds. The van der Waals surface area contributed by atoms with E-state index < -0.39 is 0 Å². The Hall–Kier alpha value is -2.74. The van der Waals surface area contributed by atoms with E-state index in [9.17, 15) is 9.59 Å². The van der Waals surface area contributed by atoms with Gasteiger partial charge >= 0.3 is 0 Å². The maximum atomic E-state index is 12.6. The van der Waals surface area contributed by atoms with Crippen molar-refractivity contribution in [1.82, 2.24) is 14.6 Å². The van der Waals surface area contributed by atoms with Crippen molar-refractivity contribution in [2.24, 2.45) is 0 Å². The Balaban J connectivity index is 1.77. The molecule has 0 aliphatic rings. The number of amides is 1. The molecule has 0 saturated carbocycles. The van der Waals surface area contributed by atoms with Crippen molar-refractivity contribution >= 4 is 33.0 Å². The number of hydrogen-bond acceptors (Lipinski definition) is 6. The highest BCUT2D eigenvalue weighted by Crippen LogP contribution is 2.23. The summed E-state index contributed by atoms with van der Waals surface area (Å²) in [7, 11) is 1.79. The van der Waals surface area contributed by atoms with Crippen LogP contribution < -0.4 is 15.8 Å². The van der Waals surface area contributed by atoms with Gasteiger partial charge in [-0.2, -0.15) is 4.52 Å². The summed E-state index contributed by atoms with van der Waals surface area (Å²) < 4.78 is 1.30. The quantitative estimate of drug-likeness (QED) is 0.661. The van der Waals surface area contributed by atoms with Crippen LogP contribution in [0.1, 0.15) is 37.1 Å². The van der Waals surface area contributed by atoms with Gasteiger partial charge in [-0.15, -0.1) is 5.10 Å². The monoisotopic (exact) mass is 399 g/mol. The Labute approximate surface area is 168 Å². The predicted molar refractivity (Wildman–Crippen MR) is 114 cm³/mol. The van der Waals surface area contributed by atoms with Gasteiger partial charge in [0.05, 0.1) is 6.54 Å². The number of aryl methyl sites for hydroxylation is 3. The van der Waals surface area contributed by atoms with Crippen molar-refractivity contribution in [3.05, 3.63) is 51.4 Å². The highest BCUT2D eigenvalue weighted by Gasteiger charge is 2.16. The number of nitrogens with zero attached hydrogens (tertiary/aromatic N) is 4. The molecule has 0 bridgehead atoms. The number of para-hydroxylation sites is 1. The van der Waals surface area contributed by atoms with Crippen LogP contribution >= 0.6 is 11.3 Å². The molecule has 28 heavy (non-hydrogen) atoms. The van der Waals surface area contributed by atoms with Gasteiger partial charge in [0, 0.05) is 24.5 Å². The van der Waals surface area contributed by atoms with E-state index in [0.29, 0.717) is 10.1 Å². The number of aromatic nitrogens is 3. The first kappa shape index (κ1) is 20.0. The summed E-state index contributed by atoms with van der Waals surface area (Å²) in [5, 5.41) is 7.92. The molecule has 148 valence electrons. The molecule has 2 aromatic heterocycles. The van der Waals surface area contributed by atoms with Crippen LogP contribution in [0.2, 0.25) is 0 Å². The lowest BCUT2D eigenvalue weighted by molar-refractivity contribution is -0.114. The average Bonchev–Trinajstić information content (AvgIpc) is 3.08. The number of carbonyl (C=O) groups excluding carboxylic acids is 1. The average molecular weight is 400 g/mol. The molecule has 7 nitrogen and oxygen atoms in total. The maximum absolute atomic E-state index is 12.6. The Bertz CT molecular complexity index is 1060. The van der Waals surface area contributed by atoms with Gasteiger partial charge in [-0.05, 0) is 30.9 Å². The van der Waals surface area contributed by atoms with Gasteiger partial charge in [-0.25, -0.2) is 4.98 Å². The number of benzene rings is 1. The van der Waals surface area contributed by atoms with Gasteiger partial charge in [0.1, 0.15) is 0 Å². The number of fused-ring (bicyclic) bond motifs is 1. The molecule has 1 N–H and O–H groups in total. The highest BCUT2D eigenvalue weighted by atomic mass is 32.1. The maximum Gasteiger partial charge on any atom is 0.275 e. The summed E-state index contributed by atoms with van der Waals surface area (Å²) in [5.41, 5.74) is 3.59. The summed E-state index contributed by atoms with van der Waals surface area (Å²) in [6.45, 7) is 6.23. The lowest BCUT2D eigenvalue weighted by atomic mass is 10.1. The van der Waals surface area contributed by atoms with Crippen LogP contribution in [0.15, 0.2) is 29.1 Å². The first-order chi connectivity index (χ1) is 13.4. The minimum Gasteiger partial charge on any atom is -0.340 e. The molecule has 0 atom stereocenters. The van der Waals surface area contributed by atoms with E-state index in [0.717, 1.165) is 41.8 Å². The van der Waals surface area contributed by atoms with E-state index in [-0.39, 0.29) is 18.0 Å². The number of hydrogen-bond donors (Lipinski definition) is 1. The topological polar surface area (TPSA) is 79.6 Å². The van der Waals surface area contributed by atoms with Gasteiger partial charge in [-0.3, -0.25) is 9.59 Å². The Morgan fingerprint density at radius 2 is 2.11 bits per heavy atom. The molecule has 1 aromatic carbocycles. The van der Waals surface area contributed by atoms with Crippen LogP contribution in [-0.4, -0.2) is 34.1 Å². The normalized spacial score (nSPS) is 11.0. The summed E-state index contributed by atoms with van der Waals surface area (Å²) in [6.07, 6.45) is 2.53. The predicted octanol–water partition coefficient (Wildman–Crippen LogP) is 3.05. The summed E-state index contributed by atoms with van der Waals surface area (Å²) in [4.78, 5) is 31.6. The molecule has 0 spiro atoms. The van der Waals surface area contributed by atoms with Crippen molar-refractivity contribution in [3.8, 4) is 0 Å². The molecule has 0 radical (unpaired) electrons. The number of rotatable bonds is 7. The van der Waals surface area contributed by atoms with Crippen LogP contribution in [0.5, 0.6) is 0 Å². The Morgan fingerprint density at radius 1 is 1.32 bits per heavy atom. The SMILES string of the molecule is CCCc1cc(=O)n2nc(N(C)CC(=O)Nc3c(C)cccc3CC)sc2n1. The third kappa shape index (κ3) is 4.22. The van der Waals surface area contributed by atoms with E-state index in [1.54, 1.807) is 11.9 Å². The van der Waals surface area contributed by atoms with Crippen molar-refractivity contribution < 1.29 is 4.79 Å². The Kier molecular flexibility index (Phi) is 6.08. The fourth-order valence-corrected chi connectivity index (χ4v) is 3.93. The molecule has 0 unspecified atom stereocenters. The number of likely N-dealkylation sites (N-methyl/N-ethyl adjacent to an activating group) is 1. The van der Waals surface area contributed by atoms with Crippen molar-refractivity contribution in [3.63, 3.8) is 0 Å². The fourth-order valence-electron chi connectivity index (χ4n) is 3.05. The lowest BCUT2D eigenvalue weighted by Gasteiger charge is -2.17. The van der Waals surface area contributed by atoms with Crippen LogP contribution in [0.4, 0.5) is 10.8 Å². The molecule has 3 aromatic rings. The third-order valence-electron chi connectivity index (χ3n) is 4.51. The first-order valence-corrected chi connectivity index (χ1v) is 10.2. The third-order valence-corrected chi connectivity index (χ3v) is 5.53. The van der Waals surface area contributed by atoms with Gasteiger partial charge in [0.2, 0.25) is 16.0 Å². The van der Waals surface area contributed by atoms with Crippen molar-refractivity contribution in [1.29, 1.82) is 0 Å². The molecule has 2 heterocycles. The highest BCUT2D eigenvalue weighted by molar-refractivity contribution is 7.20. The minimum atomic E-state index is -0.193. The molecular weight excluding hydrogens is 374 g/mol. The van der Waals surface area contributed by atoms with Gasteiger partial charge in [0.15, 0.2) is 0 Å². The zero-order valence-corrected chi connectivity index (χ0v) is 17.5. The number of nitrogens with one attached hydrogen (secondary N) is 1. The van der Waals surface area contributed by atoms with Crippen LogP contribution in [0, 0.1) is 6.92 Å². The Morgan fingerprint density at radius 3 is 2.82 bits per heavy atom. The molecule has 0 aliphatic carbocycles. The van der Waals surface area contributed by atoms with Crippen LogP contribution in [0.3, 0.4) is 0 Å². The second-order valence-electron chi connectivity index (χ2n) is 6.78. The number of anilines is 2.